The summed E-state index contributed by atoms with van der Waals surface area (Å²) in [5, 5.41) is 2.86. The van der Waals surface area contributed by atoms with Crippen LogP contribution >= 0.6 is 0 Å². The van der Waals surface area contributed by atoms with Gasteiger partial charge in [-0.15, -0.1) is 0 Å². The van der Waals surface area contributed by atoms with Gasteiger partial charge in [-0.1, -0.05) is 24.3 Å². The second-order valence-corrected chi connectivity index (χ2v) is 9.34. The molecule has 190 valence electrons. The molecule has 1 aromatic heterocycles. The number of nitrogens with one attached hydrogen (secondary N) is 1. The Morgan fingerprint density at radius 3 is 2.46 bits per heavy atom. The van der Waals surface area contributed by atoms with Crippen molar-refractivity contribution in [2.75, 3.05) is 31.6 Å². The van der Waals surface area contributed by atoms with Gasteiger partial charge in [0.25, 0.3) is 5.91 Å². The van der Waals surface area contributed by atoms with E-state index in [-0.39, 0.29) is 35.2 Å². The fraction of sp³-hybridized carbons (Fsp3) is 0.286. The Bertz CT molecular complexity index is 1350. The van der Waals surface area contributed by atoms with E-state index in [4.69, 9.17) is 10.5 Å². The minimum atomic E-state index is -0.696. The Labute approximate surface area is 213 Å². The third-order valence-corrected chi connectivity index (χ3v) is 6.96. The molecule has 1 saturated heterocycles. The van der Waals surface area contributed by atoms with E-state index in [1.165, 1.54) is 24.3 Å². The van der Waals surface area contributed by atoms with Crippen molar-refractivity contribution in [1.82, 2.24) is 9.88 Å². The molecule has 1 saturated carbocycles. The van der Waals surface area contributed by atoms with E-state index in [0.717, 1.165) is 12.8 Å². The number of hydrogen-bond acceptors (Lipinski definition) is 6. The van der Waals surface area contributed by atoms with Crippen LogP contribution in [-0.4, -0.2) is 59.3 Å². The molecule has 8 nitrogen and oxygen atoms in total. The molecule has 37 heavy (non-hydrogen) atoms. The number of hydrogen-bond donors (Lipinski definition) is 2. The standard InChI is InChI=1S/C28H27FN4O4/c29-22-4-2-1-3-20(22)23-8-5-18(17-31-23)15-25(34)19-6-7-21(26(30)35)24(16-19)32-27(36)28(9-10-28)33-11-13-37-14-12-33/h1-8,16-17H,9-15H2,(H2,30,35)(H,32,36). The highest BCUT2D eigenvalue weighted by Gasteiger charge is 2.54. The number of nitrogens with two attached hydrogens (primary N) is 1. The highest BCUT2D eigenvalue weighted by molar-refractivity contribution is 6.08. The van der Waals surface area contributed by atoms with Gasteiger partial charge in [-0.25, -0.2) is 4.39 Å². The summed E-state index contributed by atoms with van der Waals surface area (Å²) in [5.41, 5.74) is 7.11. The topological polar surface area (TPSA) is 115 Å². The van der Waals surface area contributed by atoms with Gasteiger partial charge in [-0.05, 0) is 48.7 Å². The number of pyridine rings is 1. The first-order chi connectivity index (χ1) is 17.9. The minimum Gasteiger partial charge on any atom is -0.379 e. The van der Waals surface area contributed by atoms with Gasteiger partial charge in [0.2, 0.25) is 5.91 Å². The zero-order valence-electron chi connectivity index (χ0n) is 20.2. The summed E-state index contributed by atoms with van der Waals surface area (Å²) in [5.74, 6) is -1.50. The molecule has 0 radical (unpaired) electrons. The number of halogens is 1. The Balaban J connectivity index is 1.32. The molecule has 2 aromatic carbocycles. The number of anilines is 1. The van der Waals surface area contributed by atoms with Crippen LogP contribution < -0.4 is 11.1 Å². The predicted molar refractivity (Wildman–Crippen MR) is 136 cm³/mol. The maximum Gasteiger partial charge on any atom is 0.250 e. The number of aromatic nitrogens is 1. The van der Waals surface area contributed by atoms with Gasteiger partial charge in [0.1, 0.15) is 11.4 Å². The Morgan fingerprint density at radius 2 is 1.81 bits per heavy atom. The van der Waals surface area contributed by atoms with Crippen LogP contribution in [0.5, 0.6) is 0 Å². The SMILES string of the molecule is NC(=O)c1ccc(C(=O)Cc2ccc(-c3ccccc3F)nc2)cc1NC(=O)C1(N2CCOCC2)CC1. The summed E-state index contributed by atoms with van der Waals surface area (Å²) in [7, 11) is 0. The zero-order valence-corrected chi connectivity index (χ0v) is 20.2. The molecule has 0 atom stereocenters. The highest BCUT2D eigenvalue weighted by atomic mass is 19.1. The van der Waals surface area contributed by atoms with Crippen molar-refractivity contribution in [3.8, 4) is 11.3 Å². The van der Waals surface area contributed by atoms with E-state index in [1.807, 2.05) is 0 Å². The van der Waals surface area contributed by atoms with Crippen molar-refractivity contribution in [2.45, 2.75) is 24.8 Å². The maximum atomic E-state index is 14.0. The van der Waals surface area contributed by atoms with Crippen LogP contribution in [0.1, 0.15) is 39.1 Å². The molecule has 1 aliphatic heterocycles. The van der Waals surface area contributed by atoms with Crippen LogP contribution in [0.2, 0.25) is 0 Å². The predicted octanol–water partition coefficient (Wildman–Crippen LogP) is 3.22. The lowest BCUT2D eigenvalue weighted by molar-refractivity contribution is -0.124. The summed E-state index contributed by atoms with van der Waals surface area (Å²) in [6.45, 7) is 2.47. The zero-order chi connectivity index (χ0) is 26.0. The third-order valence-electron chi connectivity index (χ3n) is 6.96. The number of nitrogens with zero attached hydrogens (tertiary/aromatic N) is 2. The molecular weight excluding hydrogens is 475 g/mol. The van der Waals surface area contributed by atoms with Gasteiger partial charge >= 0.3 is 0 Å². The fourth-order valence-electron chi connectivity index (χ4n) is 4.72. The molecular formula is C28H27FN4O4. The van der Waals surface area contributed by atoms with Gasteiger partial charge in [-0.3, -0.25) is 24.3 Å². The maximum absolute atomic E-state index is 14.0. The second kappa shape index (κ2) is 10.2. The van der Waals surface area contributed by atoms with Gasteiger partial charge in [0.15, 0.2) is 5.78 Å². The molecule has 1 aliphatic carbocycles. The molecule has 2 amide bonds. The summed E-state index contributed by atoms with van der Waals surface area (Å²) in [4.78, 5) is 44.8. The van der Waals surface area contributed by atoms with Gasteiger partial charge in [0, 0.05) is 36.8 Å². The Hall–Kier alpha value is -3.95. The average molecular weight is 503 g/mol. The van der Waals surface area contributed by atoms with Crippen LogP contribution in [-0.2, 0) is 16.0 Å². The molecule has 2 fully saturated rings. The second-order valence-electron chi connectivity index (χ2n) is 9.34. The van der Waals surface area contributed by atoms with Crippen molar-refractivity contribution >= 4 is 23.3 Å². The number of ketones is 1. The minimum absolute atomic E-state index is 0.0472. The van der Waals surface area contributed by atoms with E-state index in [1.54, 1.807) is 36.5 Å². The molecule has 3 N–H and O–H groups in total. The fourth-order valence-corrected chi connectivity index (χ4v) is 4.72. The summed E-state index contributed by atoms with van der Waals surface area (Å²) >= 11 is 0. The Morgan fingerprint density at radius 1 is 1.05 bits per heavy atom. The van der Waals surface area contributed by atoms with Crippen LogP contribution in [0.15, 0.2) is 60.8 Å². The lowest BCUT2D eigenvalue weighted by Crippen LogP contribution is -2.51. The van der Waals surface area contributed by atoms with E-state index >= 15 is 0 Å². The smallest absolute Gasteiger partial charge is 0.250 e. The first-order valence-electron chi connectivity index (χ1n) is 12.2. The van der Waals surface area contributed by atoms with E-state index in [9.17, 15) is 18.8 Å². The van der Waals surface area contributed by atoms with E-state index in [2.05, 4.69) is 15.2 Å². The van der Waals surface area contributed by atoms with Crippen LogP contribution in [0, 0.1) is 5.82 Å². The Kier molecular flexibility index (Phi) is 6.82. The number of ether oxygens (including phenoxy) is 1. The molecule has 5 rings (SSSR count). The number of primary amides is 1. The normalized spacial score (nSPS) is 16.7. The van der Waals surface area contributed by atoms with Crippen molar-refractivity contribution in [1.29, 1.82) is 0 Å². The summed E-state index contributed by atoms with van der Waals surface area (Å²) in [6, 6.07) is 14.2. The number of benzene rings is 2. The van der Waals surface area contributed by atoms with Crippen molar-refractivity contribution < 1.29 is 23.5 Å². The first kappa shape index (κ1) is 24.7. The third kappa shape index (κ3) is 5.14. The number of morpholine rings is 1. The number of rotatable bonds is 8. The molecule has 0 bridgehead atoms. The van der Waals surface area contributed by atoms with Crippen molar-refractivity contribution in [3.63, 3.8) is 0 Å². The number of carbonyl (C=O) groups excluding carboxylic acids is 3. The molecule has 2 heterocycles. The largest absolute Gasteiger partial charge is 0.379 e. The van der Waals surface area contributed by atoms with E-state index in [0.29, 0.717) is 48.7 Å². The van der Waals surface area contributed by atoms with Crippen molar-refractivity contribution in [3.05, 3.63) is 83.3 Å². The number of amides is 2. The highest BCUT2D eigenvalue weighted by Crippen LogP contribution is 2.43. The van der Waals surface area contributed by atoms with Gasteiger partial charge in [-0.2, -0.15) is 0 Å². The van der Waals surface area contributed by atoms with E-state index < -0.39 is 11.4 Å². The molecule has 3 aromatic rings. The van der Waals surface area contributed by atoms with Crippen LogP contribution in [0.25, 0.3) is 11.3 Å². The number of Topliss-reactive ketones (excluding diaryl/α,β-unsaturated/α-hetero) is 1. The van der Waals surface area contributed by atoms with Gasteiger partial charge < -0.3 is 15.8 Å². The molecule has 0 unspecified atom stereocenters. The van der Waals surface area contributed by atoms with Crippen LogP contribution in [0.3, 0.4) is 0 Å². The lowest BCUT2D eigenvalue weighted by atomic mass is 10.00. The van der Waals surface area contributed by atoms with Crippen LogP contribution in [0.4, 0.5) is 10.1 Å². The monoisotopic (exact) mass is 502 g/mol. The molecule has 2 aliphatic rings. The average Bonchev–Trinajstić information content (AvgIpc) is 3.72. The quantitative estimate of drug-likeness (QED) is 0.457. The first-order valence-corrected chi connectivity index (χ1v) is 12.2. The van der Waals surface area contributed by atoms with Gasteiger partial charge in [0.05, 0.1) is 30.2 Å². The number of carbonyl (C=O) groups is 3. The molecule has 0 spiro atoms. The summed E-state index contributed by atoms with van der Waals surface area (Å²) in [6.07, 6.45) is 3.03. The summed E-state index contributed by atoms with van der Waals surface area (Å²) < 4.78 is 19.4. The van der Waals surface area contributed by atoms with Crippen molar-refractivity contribution in [2.24, 2.45) is 5.73 Å². The molecule has 9 heteroatoms. The lowest BCUT2D eigenvalue weighted by Gasteiger charge is -2.33.